The summed E-state index contributed by atoms with van der Waals surface area (Å²) in [5.41, 5.74) is 4.16. The minimum atomic E-state index is -0.277. The molecule has 0 amide bonds. The van der Waals surface area contributed by atoms with Gasteiger partial charge in [-0.05, 0) is 55.5 Å². The average Bonchev–Trinajstić information content (AvgIpc) is 2.84. The highest BCUT2D eigenvalue weighted by molar-refractivity contribution is 5.96. The number of nitrogens with zero attached hydrogens (tertiary/aromatic N) is 3. The van der Waals surface area contributed by atoms with Gasteiger partial charge in [0.2, 0.25) is 0 Å². The summed E-state index contributed by atoms with van der Waals surface area (Å²) in [6, 6.07) is 22.2. The lowest BCUT2D eigenvalue weighted by Gasteiger charge is -2.42. The number of anilines is 1. The average molecular weight is 426 g/mol. The second-order valence-corrected chi connectivity index (χ2v) is 8.08. The molecule has 1 N–H and O–H groups in total. The van der Waals surface area contributed by atoms with Crippen molar-refractivity contribution < 1.29 is 9.18 Å². The van der Waals surface area contributed by atoms with Crippen LogP contribution in [0.5, 0.6) is 0 Å². The molecule has 3 aromatic carbocycles. The molecule has 2 unspecified atom stereocenters. The molecule has 5 nitrogen and oxygen atoms in total. The minimum absolute atomic E-state index is 0.0366. The molecule has 1 aliphatic heterocycles. The molecule has 1 saturated heterocycles. The van der Waals surface area contributed by atoms with E-state index in [4.69, 9.17) is 5.10 Å². The molecular formula is C26H23FN4O. The zero-order valence-corrected chi connectivity index (χ0v) is 17.7. The third kappa shape index (κ3) is 3.63. The molecule has 2 atom stereocenters. The van der Waals surface area contributed by atoms with Gasteiger partial charge < -0.3 is 10.2 Å². The molecule has 0 radical (unpaired) electrons. The lowest BCUT2D eigenvalue weighted by atomic mass is 9.94. The molecule has 4 aromatic rings. The molecule has 1 aromatic heterocycles. The Hall–Kier alpha value is -3.64. The van der Waals surface area contributed by atoms with E-state index < -0.39 is 0 Å². The first kappa shape index (κ1) is 20.3. The normalized spacial score (nSPS) is 18.6. The van der Waals surface area contributed by atoms with Crippen molar-refractivity contribution in [2.45, 2.75) is 19.0 Å². The monoisotopic (exact) mass is 426 g/mol. The van der Waals surface area contributed by atoms with Crippen molar-refractivity contribution in [2.24, 2.45) is 0 Å². The van der Waals surface area contributed by atoms with Gasteiger partial charge in [-0.2, -0.15) is 5.10 Å². The highest BCUT2D eigenvalue weighted by Gasteiger charge is 2.33. The van der Waals surface area contributed by atoms with Crippen LogP contribution in [-0.2, 0) is 0 Å². The van der Waals surface area contributed by atoms with E-state index in [2.05, 4.69) is 28.3 Å². The number of rotatable bonds is 4. The number of aromatic nitrogens is 2. The van der Waals surface area contributed by atoms with Crippen LogP contribution in [0.15, 0.2) is 72.8 Å². The molecular weight excluding hydrogens is 403 g/mol. The Balaban J connectivity index is 1.64. The number of carbonyl (C=O) groups excluding carboxylic acids is 1. The van der Waals surface area contributed by atoms with Gasteiger partial charge in [0.1, 0.15) is 17.8 Å². The van der Waals surface area contributed by atoms with E-state index in [9.17, 15) is 9.18 Å². The van der Waals surface area contributed by atoms with Crippen LogP contribution >= 0.6 is 0 Å². The van der Waals surface area contributed by atoms with Gasteiger partial charge in [-0.3, -0.25) is 4.79 Å². The Bertz CT molecular complexity index is 1260. The Kier molecular flexibility index (Phi) is 5.37. The Morgan fingerprint density at radius 1 is 0.969 bits per heavy atom. The minimum Gasteiger partial charge on any atom is -0.360 e. The van der Waals surface area contributed by atoms with Gasteiger partial charge in [-0.25, -0.2) is 4.39 Å². The lowest BCUT2D eigenvalue weighted by molar-refractivity contribution is 0.112. The lowest BCUT2D eigenvalue weighted by Crippen LogP contribution is -2.52. The van der Waals surface area contributed by atoms with Gasteiger partial charge >= 0.3 is 0 Å². The van der Waals surface area contributed by atoms with Gasteiger partial charge in [0, 0.05) is 46.7 Å². The Labute approximate surface area is 185 Å². The molecule has 160 valence electrons. The van der Waals surface area contributed by atoms with Crippen molar-refractivity contribution in [3.05, 3.63) is 89.9 Å². The van der Waals surface area contributed by atoms with Crippen LogP contribution in [-0.4, -0.2) is 35.6 Å². The van der Waals surface area contributed by atoms with E-state index in [1.54, 1.807) is 12.1 Å². The van der Waals surface area contributed by atoms with E-state index in [0.717, 1.165) is 52.8 Å². The number of fused-ring (bicyclic) bond motifs is 1. The van der Waals surface area contributed by atoms with E-state index in [1.165, 1.54) is 12.1 Å². The van der Waals surface area contributed by atoms with E-state index in [-0.39, 0.29) is 17.9 Å². The highest BCUT2D eigenvalue weighted by Crippen LogP contribution is 2.36. The number of benzene rings is 3. The quantitative estimate of drug-likeness (QED) is 0.476. The molecule has 32 heavy (non-hydrogen) atoms. The Morgan fingerprint density at radius 2 is 1.69 bits per heavy atom. The second kappa shape index (κ2) is 8.48. The maximum atomic E-state index is 13.5. The van der Waals surface area contributed by atoms with Gasteiger partial charge in [-0.1, -0.05) is 24.3 Å². The van der Waals surface area contributed by atoms with Crippen molar-refractivity contribution in [1.82, 2.24) is 15.5 Å². The molecule has 1 fully saturated rings. The van der Waals surface area contributed by atoms with Crippen LogP contribution in [0.2, 0.25) is 0 Å². The number of hydrogen-bond donors (Lipinski definition) is 1. The van der Waals surface area contributed by atoms with Gasteiger partial charge in [-0.15, -0.1) is 5.10 Å². The van der Waals surface area contributed by atoms with Crippen molar-refractivity contribution >= 4 is 22.7 Å². The summed E-state index contributed by atoms with van der Waals surface area (Å²) in [5.74, 6) is -0.277. The first-order chi connectivity index (χ1) is 15.7. The number of aldehydes is 1. The summed E-state index contributed by atoms with van der Waals surface area (Å²) in [6.07, 6.45) is 0.856. The van der Waals surface area contributed by atoms with Gasteiger partial charge in [0.05, 0.1) is 11.7 Å². The number of halogens is 1. The number of nitrogens with one attached hydrogen (secondary N) is 1. The van der Waals surface area contributed by atoms with Crippen LogP contribution in [0.1, 0.15) is 29.0 Å². The fourth-order valence-corrected chi connectivity index (χ4v) is 4.52. The number of piperazine rings is 1. The summed E-state index contributed by atoms with van der Waals surface area (Å²) in [4.78, 5) is 13.4. The summed E-state index contributed by atoms with van der Waals surface area (Å²) in [7, 11) is 0. The second-order valence-electron chi connectivity index (χ2n) is 8.08. The summed E-state index contributed by atoms with van der Waals surface area (Å²) in [6.45, 7) is 3.82. The van der Waals surface area contributed by atoms with Crippen molar-refractivity contribution in [1.29, 1.82) is 0 Å². The summed E-state index contributed by atoms with van der Waals surface area (Å²) < 4.78 is 13.5. The smallest absolute Gasteiger partial charge is 0.150 e. The standard InChI is InChI=1S/C26H23FN4O/c1-17-26(31(15-14-28-17)21-12-6-18(16-32)7-13-21)25-23-5-3-2-4-22(23)24(29-30-25)19-8-10-20(27)11-9-19/h2-13,16-17,26,28H,14-15H2,1H3. The first-order valence-electron chi connectivity index (χ1n) is 10.7. The first-order valence-corrected chi connectivity index (χ1v) is 10.7. The highest BCUT2D eigenvalue weighted by atomic mass is 19.1. The van der Waals surface area contributed by atoms with E-state index in [1.807, 2.05) is 42.5 Å². The maximum absolute atomic E-state index is 13.5. The van der Waals surface area contributed by atoms with Crippen LogP contribution in [0.3, 0.4) is 0 Å². The van der Waals surface area contributed by atoms with Crippen molar-refractivity contribution in [2.75, 3.05) is 18.0 Å². The van der Waals surface area contributed by atoms with Crippen LogP contribution in [0.4, 0.5) is 10.1 Å². The molecule has 1 aliphatic rings. The zero-order valence-electron chi connectivity index (χ0n) is 17.7. The number of carbonyl (C=O) groups is 1. The van der Waals surface area contributed by atoms with Crippen LogP contribution in [0.25, 0.3) is 22.0 Å². The van der Waals surface area contributed by atoms with Crippen LogP contribution < -0.4 is 10.2 Å². The molecule has 5 rings (SSSR count). The van der Waals surface area contributed by atoms with Crippen molar-refractivity contribution in [3.63, 3.8) is 0 Å². The third-order valence-electron chi connectivity index (χ3n) is 6.10. The Morgan fingerprint density at radius 3 is 2.41 bits per heavy atom. The third-order valence-corrected chi connectivity index (χ3v) is 6.10. The van der Waals surface area contributed by atoms with E-state index in [0.29, 0.717) is 5.56 Å². The van der Waals surface area contributed by atoms with Crippen LogP contribution in [0, 0.1) is 5.82 Å². The summed E-state index contributed by atoms with van der Waals surface area (Å²) >= 11 is 0. The molecule has 0 spiro atoms. The molecule has 0 aliphatic carbocycles. The topological polar surface area (TPSA) is 58.1 Å². The largest absolute Gasteiger partial charge is 0.360 e. The molecule has 6 heteroatoms. The summed E-state index contributed by atoms with van der Waals surface area (Å²) in [5, 5.41) is 14.9. The molecule has 0 saturated carbocycles. The predicted octanol–water partition coefficient (Wildman–Crippen LogP) is 4.79. The van der Waals surface area contributed by atoms with Gasteiger partial charge in [0.15, 0.2) is 0 Å². The fourth-order valence-electron chi connectivity index (χ4n) is 4.52. The fraction of sp³-hybridized carbons (Fsp3) is 0.192. The molecule has 0 bridgehead atoms. The zero-order chi connectivity index (χ0) is 22.1. The predicted molar refractivity (Wildman–Crippen MR) is 124 cm³/mol. The van der Waals surface area contributed by atoms with Gasteiger partial charge in [0.25, 0.3) is 0 Å². The van der Waals surface area contributed by atoms with Crippen molar-refractivity contribution in [3.8, 4) is 11.3 Å². The molecule has 2 heterocycles. The van der Waals surface area contributed by atoms with E-state index >= 15 is 0 Å². The number of hydrogen-bond acceptors (Lipinski definition) is 5. The SMILES string of the molecule is CC1NCCN(c2ccc(C=O)cc2)C1c1nnc(-c2ccc(F)cc2)c2ccccc12. The maximum Gasteiger partial charge on any atom is 0.150 e.